The van der Waals surface area contributed by atoms with E-state index in [2.05, 4.69) is 12.1 Å². The molecule has 1 aromatic carbocycles. The number of nitrogens with zero attached hydrogens (tertiary/aromatic N) is 1. The van der Waals surface area contributed by atoms with Gasteiger partial charge in [0, 0.05) is 6.21 Å². The van der Waals surface area contributed by atoms with E-state index in [1.54, 1.807) is 18.3 Å². The quantitative estimate of drug-likeness (QED) is 0.522. The molecule has 3 heteroatoms. The van der Waals surface area contributed by atoms with Gasteiger partial charge in [-0.25, -0.2) is 4.39 Å². The molecule has 0 saturated carbocycles. The molecule has 0 aliphatic carbocycles. The lowest BCUT2D eigenvalue weighted by atomic mass is 10.2. The van der Waals surface area contributed by atoms with Gasteiger partial charge in [0.1, 0.15) is 12.4 Å². The third-order valence-electron chi connectivity index (χ3n) is 1.69. The van der Waals surface area contributed by atoms with Crippen LogP contribution in [0.15, 0.2) is 29.4 Å². The summed E-state index contributed by atoms with van der Waals surface area (Å²) in [6.07, 6.45) is 3.68. The molecule has 0 saturated heterocycles. The topological polar surface area (TPSA) is 21.6 Å². The van der Waals surface area contributed by atoms with Crippen molar-refractivity contribution in [1.29, 1.82) is 0 Å². The fourth-order valence-electron chi connectivity index (χ4n) is 0.973. The van der Waals surface area contributed by atoms with Gasteiger partial charge in [-0.2, -0.15) is 0 Å². The molecular formula is C11H14FNO. The van der Waals surface area contributed by atoms with Crippen molar-refractivity contribution >= 4 is 6.21 Å². The van der Waals surface area contributed by atoms with Gasteiger partial charge < -0.3 is 4.84 Å². The SMILES string of the molecule is CCCC=NOCc1cccc(F)c1. The fourth-order valence-corrected chi connectivity index (χ4v) is 0.973. The first-order chi connectivity index (χ1) is 6.83. The lowest BCUT2D eigenvalue weighted by Gasteiger charge is -1.99. The molecule has 0 spiro atoms. The van der Waals surface area contributed by atoms with E-state index in [4.69, 9.17) is 4.84 Å². The maximum Gasteiger partial charge on any atom is 0.142 e. The Morgan fingerprint density at radius 1 is 1.50 bits per heavy atom. The molecule has 2 nitrogen and oxygen atoms in total. The molecule has 0 N–H and O–H groups in total. The highest BCUT2D eigenvalue weighted by Crippen LogP contribution is 2.04. The molecule has 0 aliphatic heterocycles. The number of benzene rings is 1. The molecule has 1 rings (SSSR count). The molecule has 76 valence electrons. The second-order valence-corrected chi connectivity index (χ2v) is 2.98. The predicted molar refractivity (Wildman–Crippen MR) is 54.6 cm³/mol. The van der Waals surface area contributed by atoms with Gasteiger partial charge in [0.2, 0.25) is 0 Å². The van der Waals surface area contributed by atoms with Crippen molar-refractivity contribution in [2.45, 2.75) is 26.4 Å². The molecule has 0 unspecified atom stereocenters. The number of rotatable bonds is 5. The Hall–Kier alpha value is -1.38. The fraction of sp³-hybridized carbons (Fsp3) is 0.364. The third kappa shape index (κ3) is 4.03. The van der Waals surface area contributed by atoms with Crippen molar-refractivity contribution in [3.05, 3.63) is 35.6 Å². The summed E-state index contributed by atoms with van der Waals surface area (Å²) in [5, 5.41) is 3.74. The van der Waals surface area contributed by atoms with E-state index >= 15 is 0 Å². The monoisotopic (exact) mass is 195 g/mol. The molecule has 0 atom stereocenters. The van der Waals surface area contributed by atoms with Crippen LogP contribution in [0.2, 0.25) is 0 Å². The van der Waals surface area contributed by atoms with Crippen LogP contribution in [0.3, 0.4) is 0 Å². The Morgan fingerprint density at radius 3 is 3.07 bits per heavy atom. The molecule has 1 aromatic rings. The third-order valence-corrected chi connectivity index (χ3v) is 1.69. The van der Waals surface area contributed by atoms with E-state index in [0.717, 1.165) is 18.4 Å². The van der Waals surface area contributed by atoms with Crippen LogP contribution in [-0.4, -0.2) is 6.21 Å². The van der Waals surface area contributed by atoms with E-state index in [0.29, 0.717) is 6.61 Å². The summed E-state index contributed by atoms with van der Waals surface area (Å²) < 4.78 is 12.7. The summed E-state index contributed by atoms with van der Waals surface area (Å²) in [5.41, 5.74) is 0.790. The van der Waals surface area contributed by atoms with Crippen LogP contribution >= 0.6 is 0 Å². The molecule has 0 amide bonds. The second kappa shape index (κ2) is 6.13. The molecule has 0 radical (unpaired) electrons. The number of hydrogen-bond donors (Lipinski definition) is 0. The summed E-state index contributed by atoms with van der Waals surface area (Å²) in [6.45, 7) is 2.39. The van der Waals surface area contributed by atoms with E-state index in [1.165, 1.54) is 12.1 Å². The van der Waals surface area contributed by atoms with Gasteiger partial charge in [0.25, 0.3) is 0 Å². The Bertz CT molecular complexity index is 299. The summed E-state index contributed by atoms with van der Waals surface area (Å²) in [5.74, 6) is -0.247. The first-order valence-corrected chi connectivity index (χ1v) is 4.71. The van der Waals surface area contributed by atoms with Crippen molar-refractivity contribution in [2.24, 2.45) is 5.16 Å². The van der Waals surface area contributed by atoms with Gasteiger partial charge in [-0.15, -0.1) is 0 Å². The Balaban J connectivity index is 2.31. The number of unbranched alkanes of at least 4 members (excludes halogenated alkanes) is 1. The van der Waals surface area contributed by atoms with Gasteiger partial charge in [0.05, 0.1) is 0 Å². The summed E-state index contributed by atoms with van der Waals surface area (Å²) in [6, 6.07) is 6.31. The molecule has 0 fully saturated rings. The van der Waals surface area contributed by atoms with Crippen molar-refractivity contribution in [3.63, 3.8) is 0 Å². The van der Waals surface area contributed by atoms with Crippen LogP contribution in [-0.2, 0) is 11.4 Å². The zero-order valence-corrected chi connectivity index (χ0v) is 8.24. The molecule has 0 aliphatic rings. The van der Waals surface area contributed by atoms with Crippen LogP contribution in [0.5, 0.6) is 0 Å². The van der Waals surface area contributed by atoms with Crippen molar-refractivity contribution in [3.8, 4) is 0 Å². The van der Waals surface area contributed by atoms with Crippen LogP contribution in [0.1, 0.15) is 25.3 Å². The van der Waals surface area contributed by atoms with Crippen molar-refractivity contribution < 1.29 is 9.23 Å². The van der Waals surface area contributed by atoms with E-state index in [9.17, 15) is 4.39 Å². The first-order valence-electron chi connectivity index (χ1n) is 4.71. The van der Waals surface area contributed by atoms with E-state index in [1.807, 2.05) is 0 Å². The lowest BCUT2D eigenvalue weighted by Crippen LogP contribution is -1.88. The highest BCUT2D eigenvalue weighted by molar-refractivity contribution is 5.55. The van der Waals surface area contributed by atoms with Gasteiger partial charge in [-0.1, -0.05) is 30.6 Å². The van der Waals surface area contributed by atoms with Gasteiger partial charge in [0.15, 0.2) is 0 Å². The van der Waals surface area contributed by atoms with E-state index in [-0.39, 0.29) is 5.82 Å². The standard InChI is InChI=1S/C11H14FNO/c1-2-3-7-13-14-9-10-5-4-6-11(12)8-10/h4-8H,2-3,9H2,1H3. The minimum atomic E-state index is -0.247. The number of hydrogen-bond acceptors (Lipinski definition) is 2. The minimum Gasteiger partial charge on any atom is -0.391 e. The van der Waals surface area contributed by atoms with Gasteiger partial charge in [-0.05, 0) is 24.1 Å². The second-order valence-electron chi connectivity index (χ2n) is 2.98. The van der Waals surface area contributed by atoms with Crippen LogP contribution < -0.4 is 0 Å². The smallest absolute Gasteiger partial charge is 0.142 e. The minimum absolute atomic E-state index is 0.247. The Labute approximate surface area is 83.4 Å². The summed E-state index contributed by atoms with van der Waals surface area (Å²) in [4.78, 5) is 4.98. The lowest BCUT2D eigenvalue weighted by molar-refractivity contribution is 0.131. The highest BCUT2D eigenvalue weighted by atomic mass is 19.1. The van der Waals surface area contributed by atoms with Gasteiger partial charge >= 0.3 is 0 Å². The summed E-state index contributed by atoms with van der Waals surface area (Å²) >= 11 is 0. The molecule has 0 aromatic heterocycles. The molecule has 14 heavy (non-hydrogen) atoms. The van der Waals surface area contributed by atoms with Crippen molar-refractivity contribution in [2.75, 3.05) is 0 Å². The predicted octanol–water partition coefficient (Wildman–Crippen LogP) is 3.13. The largest absolute Gasteiger partial charge is 0.391 e. The zero-order valence-electron chi connectivity index (χ0n) is 8.24. The van der Waals surface area contributed by atoms with Crippen molar-refractivity contribution in [1.82, 2.24) is 0 Å². The molecule has 0 bridgehead atoms. The normalized spacial score (nSPS) is 10.7. The average molecular weight is 195 g/mol. The Morgan fingerprint density at radius 2 is 2.36 bits per heavy atom. The zero-order chi connectivity index (χ0) is 10.2. The Kier molecular flexibility index (Phi) is 4.69. The first kappa shape index (κ1) is 10.7. The van der Waals surface area contributed by atoms with Crippen LogP contribution in [0, 0.1) is 5.82 Å². The number of halogens is 1. The van der Waals surface area contributed by atoms with Gasteiger partial charge in [-0.3, -0.25) is 0 Å². The van der Waals surface area contributed by atoms with Crippen LogP contribution in [0.4, 0.5) is 4.39 Å². The average Bonchev–Trinajstić information content (AvgIpc) is 2.18. The molecular weight excluding hydrogens is 181 g/mol. The maximum absolute atomic E-state index is 12.7. The van der Waals surface area contributed by atoms with Crippen LogP contribution in [0.25, 0.3) is 0 Å². The van der Waals surface area contributed by atoms with E-state index < -0.39 is 0 Å². The maximum atomic E-state index is 12.7. The summed E-state index contributed by atoms with van der Waals surface area (Å²) in [7, 11) is 0. The molecule has 0 heterocycles. The highest BCUT2D eigenvalue weighted by Gasteiger charge is 1.93. The number of oxime groups is 1.